The maximum absolute atomic E-state index is 6.32. The molecular weight excluding hydrogens is 507 g/mol. The summed E-state index contributed by atoms with van der Waals surface area (Å²) in [4.78, 5) is 6.90. The Morgan fingerprint density at radius 2 is 2.14 bits per heavy atom. The first kappa shape index (κ1) is 25.0. The summed E-state index contributed by atoms with van der Waals surface area (Å²) in [5.74, 6) is 3.01. The summed E-state index contributed by atoms with van der Waals surface area (Å²) in [5, 5.41) is 12.4. The third kappa shape index (κ3) is 8.16. The highest BCUT2D eigenvalue weighted by molar-refractivity contribution is 14.0. The maximum atomic E-state index is 6.32. The normalized spacial score (nSPS) is 11.2. The summed E-state index contributed by atoms with van der Waals surface area (Å²) in [6.07, 6.45) is 5.85. The molecule has 2 rings (SSSR count). The van der Waals surface area contributed by atoms with E-state index in [4.69, 9.17) is 16.6 Å². The number of rotatable bonds is 10. The first-order chi connectivity index (χ1) is 13.2. The fourth-order valence-corrected chi connectivity index (χ4v) is 3.30. The van der Waals surface area contributed by atoms with Gasteiger partial charge in [-0.15, -0.1) is 34.2 Å². The van der Waals surface area contributed by atoms with Gasteiger partial charge in [0.25, 0.3) is 0 Å². The lowest BCUT2D eigenvalue weighted by Gasteiger charge is -2.23. The molecule has 0 radical (unpaired) electrons. The molecule has 0 bridgehead atoms. The number of hydrogen-bond donors (Lipinski definition) is 1. The van der Waals surface area contributed by atoms with Crippen LogP contribution in [0.15, 0.2) is 35.6 Å². The van der Waals surface area contributed by atoms with Gasteiger partial charge in [-0.3, -0.25) is 4.99 Å². The molecule has 1 aromatic carbocycles. The number of hydrogen-bond acceptors (Lipinski definition) is 4. The van der Waals surface area contributed by atoms with Crippen LogP contribution in [0.4, 0.5) is 0 Å². The van der Waals surface area contributed by atoms with E-state index in [1.807, 2.05) is 37.0 Å². The van der Waals surface area contributed by atoms with E-state index in [-0.39, 0.29) is 24.0 Å². The highest BCUT2D eigenvalue weighted by atomic mass is 127. The van der Waals surface area contributed by atoms with Gasteiger partial charge >= 0.3 is 0 Å². The Morgan fingerprint density at radius 3 is 2.86 bits per heavy atom. The lowest BCUT2D eigenvalue weighted by Crippen LogP contribution is -2.40. The van der Waals surface area contributed by atoms with Crippen molar-refractivity contribution in [2.45, 2.75) is 32.9 Å². The van der Waals surface area contributed by atoms with Crippen LogP contribution >= 0.6 is 47.3 Å². The molecule has 0 fully saturated rings. The number of aliphatic imine (C=N–C) groups is 1. The number of thioether (sulfide) groups is 1. The van der Waals surface area contributed by atoms with Crippen molar-refractivity contribution in [2.24, 2.45) is 4.99 Å². The lowest BCUT2D eigenvalue weighted by molar-refractivity contribution is 0.470. The van der Waals surface area contributed by atoms with E-state index in [9.17, 15) is 0 Å². The van der Waals surface area contributed by atoms with Crippen LogP contribution in [0.3, 0.4) is 0 Å². The van der Waals surface area contributed by atoms with Crippen molar-refractivity contribution < 1.29 is 0 Å². The van der Waals surface area contributed by atoms with E-state index in [0.29, 0.717) is 6.54 Å². The Kier molecular flexibility index (Phi) is 12.6. The second-order valence-corrected chi connectivity index (χ2v) is 7.61. The fourth-order valence-electron chi connectivity index (χ4n) is 2.69. The average Bonchev–Trinajstić information content (AvgIpc) is 3.13. The molecule has 9 heteroatoms. The molecule has 156 valence electrons. The molecule has 0 saturated heterocycles. The molecule has 0 saturated carbocycles. The van der Waals surface area contributed by atoms with Crippen molar-refractivity contribution in [2.75, 3.05) is 32.1 Å². The molecule has 6 nitrogen and oxygen atoms in total. The number of nitrogens with one attached hydrogen (secondary N) is 1. The molecular formula is C19H30ClIN6S. The maximum Gasteiger partial charge on any atom is 0.194 e. The first-order valence-electron chi connectivity index (χ1n) is 9.24. The number of nitrogens with zero attached hydrogens (tertiary/aromatic N) is 5. The molecule has 0 unspecified atom stereocenters. The summed E-state index contributed by atoms with van der Waals surface area (Å²) in [6.45, 7) is 5.17. The molecule has 0 amide bonds. The smallest absolute Gasteiger partial charge is 0.194 e. The van der Waals surface area contributed by atoms with Gasteiger partial charge in [-0.2, -0.15) is 11.8 Å². The van der Waals surface area contributed by atoms with Crippen molar-refractivity contribution in [3.63, 3.8) is 0 Å². The van der Waals surface area contributed by atoms with Crippen LogP contribution in [-0.4, -0.2) is 57.8 Å². The predicted octanol–water partition coefficient (Wildman–Crippen LogP) is 3.94. The summed E-state index contributed by atoms with van der Waals surface area (Å²) < 4.78 is 2.08. The summed E-state index contributed by atoms with van der Waals surface area (Å²) in [7, 11) is 2.04. The van der Waals surface area contributed by atoms with Crippen LogP contribution in [0.2, 0.25) is 5.02 Å². The molecule has 0 aliphatic heterocycles. The second kappa shape index (κ2) is 14.1. The Labute approximate surface area is 194 Å². The van der Waals surface area contributed by atoms with Crippen molar-refractivity contribution in [1.29, 1.82) is 0 Å². The van der Waals surface area contributed by atoms with E-state index in [1.165, 1.54) is 0 Å². The van der Waals surface area contributed by atoms with Crippen molar-refractivity contribution in [3.05, 3.63) is 47.0 Å². The van der Waals surface area contributed by atoms with Gasteiger partial charge in [-0.05, 0) is 30.1 Å². The van der Waals surface area contributed by atoms with Crippen molar-refractivity contribution >= 4 is 53.3 Å². The zero-order valence-corrected chi connectivity index (χ0v) is 20.7. The Balaban J connectivity index is 0.00000392. The van der Waals surface area contributed by atoms with Gasteiger partial charge in [0.15, 0.2) is 5.96 Å². The molecule has 2 aromatic rings. The molecule has 1 heterocycles. The van der Waals surface area contributed by atoms with E-state index in [1.54, 1.807) is 6.33 Å². The number of aromatic nitrogens is 3. The van der Waals surface area contributed by atoms with Crippen LogP contribution in [0.5, 0.6) is 0 Å². The number of aryl methyl sites for hydroxylation is 1. The number of halogens is 2. The molecule has 0 aliphatic carbocycles. The lowest BCUT2D eigenvalue weighted by atomic mass is 10.2. The topological polar surface area (TPSA) is 58.3 Å². The largest absolute Gasteiger partial charge is 0.354 e. The van der Waals surface area contributed by atoms with Gasteiger partial charge in [0, 0.05) is 44.7 Å². The van der Waals surface area contributed by atoms with Gasteiger partial charge < -0.3 is 14.8 Å². The van der Waals surface area contributed by atoms with Gasteiger partial charge in [-0.1, -0.05) is 36.7 Å². The van der Waals surface area contributed by atoms with Gasteiger partial charge in [0.1, 0.15) is 12.2 Å². The van der Waals surface area contributed by atoms with Gasteiger partial charge in [-0.25, -0.2) is 0 Å². The Morgan fingerprint density at radius 1 is 1.36 bits per heavy atom. The van der Waals surface area contributed by atoms with E-state index in [2.05, 4.69) is 44.2 Å². The Hall–Kier alpha value is -1.000. The number of guanidine groups is 1. The highest BCUT2D eigenvalue weighted by Crippen LogP contribution is 2.16. The monoisotopic (exact) mass is 536 g/mol. The minimum absolute atomic E-state index is 0. The summed E-state index contributed by atoms with van der Waals surface area (Å²) in [6, 6.07) is 7.93. The molecule has 0 atom stereocenters. The fraction of sp³-hybridized carbons (Fsp3) is 0.526. The SMILES string of the molecule is CCc1nncn1CCNC(=NCCCSC)N(C)Cc1ccccc1Cl.I. The number of benzene rings is 1. The van der Waals surface area contributed by atoms with E-state index in [0.717, 1.165) is 60.6 Å². The van der Waals surface area contributed by atoms with Gasteiger partial charge in [0.2, 0.25) is 0 Å². The average molecular weight is 537 g/mol. The highest BCUT2D eigenvalue weighted by Gasteiger charge is 2.10. The zero-order valence-electron chi connectivity index (χ0n) is 16.8. The third-order valence-corrected chi connectivity index (χ3v) is 5.21. The molecule has 0 aliphatic rings. The minimum atomic E-state index is 0. The molecule has 28 heavy (non-hydrogen) atoms. The van der Waals surface area contributed by atoms with Crippen molar-refractivity contribution in [1.82, 2.24) is 25.0 Å². The summed E-state index contributed by atoms with van der Waals surface area (Å²) >= 11 is 8.17. The van der Waals surface area contributed by atoms with Crippen molar-refractivity contribution in [3.8, 4) is 0 Å². The minimum Gasteiger partial charge on any atom is -0.354 e. The third-order valence-electron chi connectivity index (χ3n) is 4.14. The standard InChI is InChI=1S/C19H29ClN6S.HI/c1-4-18-24-23-15-26(18)12-11-22-19(21-10-7-13-27-3)25(2)14-16-8-5-6-9-17(16)20;/h5-6,8-9,15H,4,7,10-14H2,1-3H3,(H,21,22);1H. The van der Waals surface area contributed by atoms with Gasteiger partial charge in [0.05, 0.1) is 0 Å². The Bertz CT molecular complexity index is 724. The quantitative estimate of drug-likeness (QED) is 0.216. The molecule has 1 aromatic heterocycles. The van der Waals surface area contributed by atoms with Crippen LogP contribution in [0.1, 0.15) is 24.7 Å². The van der Waals surface area contributed by atoms with E-state index < -0.39 is 0 Å². The second-order valence-electron chi connectivity index (χ2n) is 6.22. The van der Waals surface area contributed by atoms with Crippen LogP contribution in [-0.2, 0) is 19.5 Å². The van der Waals surface area contributed by atoms with E-state index >= 15 is 0 Å². The summed E-state index contributed by atoms with van der Waals surface area (Å²) in [5.41, 5.74) is 1.09. The zero-order chi connectivity index (χ0) is 19.5. The first-order valence-corrected chi connectivity index (χ1v) is 11.0. The molecule has 0 spiro atoms. The molecule has 1 N–H and O–H groups in total. The predicted molar refractivity (Wildman–Crippen MR) is 131 cm³/mol. The van der Waals surface area contributed by atoms with Crippen LogP contribution in [0.25, 0.3) is 0 Å². The van der Waals surface area contributed by atoms with Crippen LogP contribution in [0, 0.1) is 0 Å². The van der Waals surface area contributed by atoms with Crippen LogP contribution < -0.4 is 5.32 Å².